The number of hydrogen-bond acceptors (Lipinski definition) is 5. The molecule has 6 nitrogen and oxygen atoms in total. The smallest absolute Gasteiger partial charge is 0.265 e. The van der Waals surface area contributed by atoms with Crippen LogP contribution >= 0.6 is 11.3 Å². The molecule has 2 amide bonds. The molecule has 34 heavy (non-hydrogen) atoms. The molecule has 7 heteroatoms. The van der Waals surface area contributed by atoms with Crippen molar-refractivity contribution >= 4 is 55.5 Å². The maximum atomic E-state index is 12.9. The molecule has 0 aliphatic carbocycles. The van der Waals surface area contributed by atoms with Crippen molar-refractivity contribution in [1.29, 1.82) is 0 Å². The molecular formula is C27H21N3O3S. The van der Waals surface area contributed by atoms with Crippen molar-refractivity contribution in [3.8, 4) is 11.5 Å². The average Bonchev–Trinajstić information content (AvgIpc) is 3.26. The number of pyridine rings is 1. The summed E-state index contributed by atoms with van der Waals surface area (Å²) in [6.07, 6.45) is 1.64. The first-order chi connectivity index (χ1) is 16.5. The number of aryl methyl sites for hydroxylation is 1. The van der Waals surface area contributed by atoms with E-state index in [-0.39, 0.29) is 11.8 Å². The topological polar surface area (TPSA) is 80.3 Å². The fourth-order valence-corrected chi connectivity index (χ4v) is 4.68. The SMILES string of the molecule is CC(=O)Nc1cccc2c(Oc3cc(NC(=O)c4cc5ccccc5s4)ccc3C)ccnc12. The first-order valence-electron chi connectivity index (χ1n) is 10.7. The Bertz CT molecular complexity index is 1520. The van der Waals surface area contributed by atoms with Crippen molar-refractivity contribution in [1.82, 2.24) is 4.98 Å². The van der Waals surface area contributed by atoms with Crippen molar-refractivity contribution in [2.24, 2.45) is 0 Å². The monoisotopic (exact) mass is 467 g/mol. The van der Waals surface area contributed by atoms with E-state index in [1.54, 1.807) is 18.3 Å². The third-order valence-electron chi connectivity index (χ3n) is 5.36. The zero-order valence-electron chi connectivity index (χ0n) is 18.6. The molecule has 0 spiro atoms. The van der Waals surface area contributed by atoms with Gasteiger partial charge in [-0.1, -0.05) is 30.3 Å². The lowest BCUT2D eigenvalue weighted by Crippen LogP contribution is -2.10. The molecule has 0 saturated heterocycles. The highest BCUT2D eigenvalue weighted by Crippen LogP contribution is 2.35. The predicted octanol–water partition coefficient (Wildman–Crippen LogP) is 6.76. The van der Waals surface area contributed by atoms with Crippen LogP contribution in [0.4, 0.5) is 11.4 Å². The van der Waals surface area contributed by atoms with E-state index in [0.717, 1.165) is 21.0 Å². The molecule has 2 aromatic heterocycles. The number of carbonyl (C=O) groups is 2. The van der Waals surface area contributed by atoms with Gasteiger partial charge in [0.15, 0.2) is 0 Å². The van der Waals surface area contributed by atoms with E-state index >= 15 is 0 Å². The molecule has 0 radical (unpaired) electrons. The summed E-state index contributed by atoms with van der Waals surface area (Å²) in [5, 5.41) is 7.60. The molecule has 2 N–H and O–H groups in total. The van der Waals surface area contributed by atoms with Gasteiger partial charge in [0.1, 0.15) is 11.5 Å². The molecule has 3 aromatic carbocycles. The number of amides is 2. The Hall–Kier alpha value is -4.23. The van der Waals surface area contributed by atoms with Crippen LogP contribution in [0.5, 0.6) is 11.5 Å². The average molecular weight is 468 g/mol. The number of nitrogens with zero attached hydrogens (tertiary/aromatic N) is 1. The number of nitrogens with one attached hydrogen (secondary N) is 2. The van der Waals surface area contributed by atoms with E-state index in [0.29, 0.717) is 33.3 Å². The van der Waals surface area contributed by atoms with Crippen LogP contribution in [0.2, 0.25) is 0 Å². The Labute approximate surface area is 200 Å². The summed E-state index contributed by atoms with van der Waals surface area (Å²) in [7, 11) is 0. The summed E-state index contributed by atoms with van der Waals surface area (Å²) in [6.45, 7) is 3.40. The zero-order valence-corrected chi connectivity index (χ0v) is 19.4. The second-order valence-electron chi connectivity index (χ2n) is 7.88. The van der Waals surface area contributed by atoms with Gasteiger partial charge in [-0.2, -0.15) is 0 Å². The zero-order chi connectivity index (χ0) is 23.7. The fraction of sp³-hybridized carbons (Fsp3) is 0.0741. The Morgan fingerprint density at radius 3 is 2.59 bits per heavy atom. The van der Waals surface area contributed by atoms with E-state index in [1.165, 1.54) is 18.3 Å². The molecule has 0 aliphatic rings. The van der Waals surface area contributed by atoms with E-state index in [4.69, 9.17) is 4.74 Å². The van der Waals surface area contributed by atoms with E-state index in [2.05, 4.69) is 15.6 Å². The van der Waals surface area contributed by atoms with Gasteiger partial charge in [-0.3, -0.25) is 14.6 Å². The third-order valence-corrected chi connectivity index (χ3v) is 6.47. The molecule has 2 heterocycles. The van der Waals surface area contributed by atoms with Gasteiger partial charge in [0.05, 0.1) is 16.1 Å². The van der Waals surface area contributed by atoms with Gasteiger partial charge in [0.25, 0.3) is 5.91 Å². The third kappa shape index (κ3) is 4.33. The summed E-state index contributed by atoms with van der Waals surface area (Å²) in [5.74, 6) is 0.892. The number of benzene rings is 3. The number of thiophene rings is 1. The van der Waals surface area contributed by atoms with E-state index in [1.807, 2.05) is 67.6 Å². The van der Waals surface area contributed by atoms with Crippen molar-refractivity contribution in [3.63, 3.8) is 0 Å². The highest BCUT2D eigenvalue weighted by atomic mass is 32.1. The minimum atomic E-state index is -0.168. The molecule has 168 valence electrons. The van der Waals surface area contributed by atoms with Gasteiger partial charge in [-0.25, -0.2) is 0 Å². The lowest BCUT2D eigenvalue weighted by Gasteiger charge is -2.14. The van der Waals surface area contributed by atoms with Crippen molar-refractivity contribution < 1.29 is 14.3 Å². The highest BCUT2D eigenvalue weighted by molar-refractivity contribution is 7.20. The van der Waals surface area contributed by atoms with Gasteiger partial charge >= 0.3 is 0 Å². The highest BCUT2D eigenvalue weighted by Gasteiger charge is 2.13. The molecule has 0 unspecified atom stereocenters. The number of hydrogen-bond donors (Lipinski definition) is 2. The first kappa shape index (κ1) is 21.6. The molecule has 0 bridgehead atoms. The number of fused-ring (bicyclic) bond motifs is 2. The summed E-state index contributed by atoms with van der Waals surface area (Å²) < 4.78 is 7.33. The number of ether oxygens (including phenoxy) is 1. The van der Waals surface area contributed by atoms with Gasteiger partial charge in [-0.15, -0.1) is 11.3 Å². The fourth-order valence-electron chi connectivity index (χ4n) is 3.72. The largest absolute Gasteiger partial charge is 0.456 e. The second kappa shape index (κ2) is 8.96. The van der Waals surface area contributed by atoms with Crippen LogP contribution in [-0.2, 0) is 4.79 Å². The maximum absolute atomic E-state index is 12.9. The summed E-state index contributed by atoms with van der Waals surface area (Å²) in [4.78, 5) is 29.5. The molecule has 5 rings (SSSR count). The van der Waals surface area contributed by atoms with Crippen LogP contribution in [0.3, 0.4) is 0 Å². The van der Waals surface area contributed by atoms with Crippen molar-refractivity contribution in [2.75, 3.05) is 10.6 Å². The summed E-state index contributed by atoms with van der Waals surface area (Å²) in [5.41, 5.74) is 2.82. The molecule has 5 aromatic rings. The molecule has 0 atom stereocenters. The van der Waals surface area contributed by atoms with Gasteiger partial charge in [-0.05, 0) is 54.3 Å². The number of rotatable bonds is 5. The lowest BCUT2D eigenvalue weighted by atomic mass is 10.1. The van der Waals surface area contributed by atoms with E-state index in [9.17, 15) is 9.59 Å². The summed E-state index contributed by atoms with van der Waals surface area (Å²) in [6, 6.07) is 22.7. The number of carbonyl (C=O) groups excluding carboxylic acids is 2. The Balaban J connectivity index is 1.43. The quantitative estimate of drug-likeness (QED) is 0.299. The van der Waals surface area contributed by atoms with Gasteiger partial charge < -0.3 is 15.4 Å². The molecule has 0 fully saturated rings. The van der Waals surface area contributed by atoms with Crippen LogP contribution in [-0.4, -0.2) is 16.8 Å². The lowest BCUT2D eigenvalue weighted by molar-refractivity contribution is -0.114. The van der Waals surface area contributed by atoms with Crippen LogP contribution < -0.4 is 15.4 Å². The van der Waals surface area contributed by atoms with Crippen molar-refractivity contribution in [3.05, 3.63) is 89.4 Å². The molecule has 0 saturated carbocycles. The van der Waals surface area contributed by atoms with Gasteiger partial charge in [0, 0.05) is 35.0 Å². The normalized spacial score (nSPS) is 10.9. The molecular weight excluding hydrogens is 446 g/mol. The summed E-state index contributed by atoms with van der Waals surface area (Å²) >= 11 is 1.46. The van der Waals surface area contributed by atoms with Crippen LogP contribution in [0.15, 0.2) is 79.0 Å². The number of aromatic nitrogens is 1. The second-order valence-corrected chi connectivity index (χ2v) is 8.96. The maximum Gasteiger partial charge on any atom is 0.265 e. The minimum absolute atomic E-state index is 0.162. The van der Waals surface area contributed by atoms with Crippen LogP contribution in [0, 0.1) is 6.92 Å². The van der Waals surface area contributed by atoms with Crippen molar-refractivity contribution in [2.45, 2.75) is 13.8 Å². The molecule has 0 aliphatic heterocycles. The predicted molar refractivity (Wildman–Crippen MR) is 137 cm³/mol. The van der Waals surface area contributed by atoms with Crippen LogP contribution in [0.1, 0.15) is 22.2 Å². The Morgan fingerprint density at radius 1 is 0.912 bits per heavy atom. The number of anilines is 2. The first-order valence-corrected chi connectivity index (χ1v) is 11.5. The Morgan fingerprint density at radius 2 is 1.76 bits per heavy atom. The number of para-hydroxylation sites is 1. The van der Waals surface area contributed by atoms with Crippen LogP contribution in [0.25, 0.3) is 21.0 Å². The minimum Gasteiger partial charge on any atom is -0.456 e. The van der Waals surface area contributed by atoms with E-state index < -0.39 is 0 Å². The van der Waals surface area contributed by atoms with Gasteiger partial charge in [0.2, 0.25) is 5.91 Å². The standard InChI is InChI=1S/C27H21N3O3S/c1-16-10-11-19(30-27(32)25-14-18-6-3-4-9-24(18)34-25)15-23(16)33-22-12-13-28-26-20(22)7-5-8-21(26)29-17(2)31/h3-15H,1-2H3,(H,29,31)(H,30,32). The Kier molecular flexibility index (Phi) is 5.69.